The minimum absolute atomic E-state index is 0.0484. The molecular formula is C34H25ClN2O2S. The summed E-state index contributed by atoms with van der Waals surface area (Å²) in [4.78, 5) is 19.8. The van der Waals surface area contributed by atoms with Gasteiger partial charge >= 0.3 is 0 Å². The summed E-state index contributed by atoms with van der Waals surface area (Å²) in [5.41, 5.74) is 6.61. The third-order valence-corrected chi connectivity index (χ3v) is 8.65. The van der Waals surface area contributed by atoms with Crippen LogP contribution in [0.1, 0.15) is 42.2 Å². The molecule has 0 fully saturated rings. The first-order valence-corrected chi connectivity index (χ1v) is 14.5. The number of benzene rings is 3. The van der Waals surface area contributed by atoms with Gasteiger partial charge in [-0.15, -0.1) is 0 Å². The highest BCUT2D eigenvalue weighted by Crippen LogP contribution is 2.41. The molecule has 6 heteroatoms. The van der Waals surface area contributed by atoms with Crippen molar-refractivity contribution >= 4 is 35.1 Å². The van der Waals surface area contributed by atoms with Crippen molar-refractivity contribution in [1.29, 1.82) is 0 Å². The van der Waals surface area contributed by atoms with Crippen LogP contribution >= 0.6 is 22.9 Å². The molecule has 0 N–H and O–H groups in total. The summed E-state index contributed by atoms with van der Waals surface area (Å²) in [6.07, 6.45) is 6.98. The number of halogens is 1. The maximum absolute atomic E-state index is 14.0. The summed E-state index contributed by atoms with van der Waals surface area (Å²) in [7, 11) is 0. The molecule has 0 saturated carbocycles. The zero-order chi connectivity index (χ0) is 27.1. The molecule has 2 aliphatic rings. The summed E-state index contributed by atoms with van der Waals surface area (Å²) >= 11 is 7.46. The molecule has 1 aliphatic carbocycles. The van der Waals surface area contributed by atoms with E-state index in [1.54, 1.807) is 0 Å². The van der Waals surface area contributed by atoms with Crippen LogP contribution in [0.4, 0.5) is 0 Å². The van der Waals surface area contributed by atoms with Gasteiger partial charge < -0.3 is 4.42 Å². The molecule has 0 amide bonds. The lowest BCUT2D eigenvalue weighted by Gasteiger charge is -2.31. The third-order valence-electron chi connectivity index (χ3n) is 7.42. The Bertz CT molecular complexity index is 1950. The third kappa shape index (κ3) is 4.61. The predicted molar refractivity (Wildman–Crippen MR) is 162 cm³/mol. The fourth-order valence-corrected chi connectivity index (χ4v) is 6.68. The predicted octanol–water partition coefficient (Wildman–Crippen LogP) is 7.40. The maximum atomic E-state index is 14.0. The molecule has 5 aromatic rings. The van der Waals surface area contributed by atoms with Crippen LogP contribution in [0.15, 0.2) is 128 Å². The molecular weight excluding hydrogens is 536 g/mol. The lowest BCUT2D eigenvalue weighted by atomic mass is 9.84. The lowest BCUT2D eigenvalue weighted by Crippen LogP contribution is -2.39. The Balaban J connectivity index is 1.37. The number of rotatable bonds is 4. The van der Waals surface area contributed by atoms with Crippen molar-refractivity contribution in [1.82, 2.24) is 4.57 Å². The molecule has 3 aromatic carbocycles. The zero-order valence-corrected chi connectivity index (χ0v) is 23.2. The van der Waals surface area contributed by atoms with Crippen molar-refractivity contribution in [2.24, 2.45) is 4.99 Å². The lowest BCUT2D eigenvalue weighted by molar-refractivity contribution is 0.553. The van der Waals surface area contributed by atoms with Crippen molar-refractivity contribution in [3.8, 4) is 11.3 Å². The van der Waals surface area contributed by atoms with E-state index in [0.29, 0.717) is 20.1 Å². The van der Waals surface area contributed by atoms with Crippen molar-refractivity contribution in [3.63, 3.8) is 0 Å². The molecule has 4 nitrogen and oxygen atoms in total. The molecule has 0 saturated heterocycles. The largest absolute Gasteiger partial charge is 0.457 e. The van der Waals surface area contributed by atoms with Crippen LogP contribution in [0.5, 0.6) is 0 Å². The monoisotopic (exact) mass is 560 g/mol. The minimum atomic E-state index is -0.185. The molecule has 0 spiro atoms. The number of nitrogens with zero attached hydrogens (tertiary/aromatic N) is 2. The van der Waals surface area contributed by atoms with Crippen molar-refractivity contribution in [2.75, 3.05) is 0 Å². The molecule has 1 aliphatic heterocycles. The van der Waals surface area contributed by atoms with Gasteiger partial charge in [0.1, 0.15) is 11.5 Å². The summed E-state index contributed by atoms with van der Waals surface area (Å²) in [6.45, 7) is 0. The Hall–Kier alpha value is -4.19. The number of aromatic nitrogens is 1. The Morgan fingerprint density at radius 2 is 1.62 bits per heavy atom. The van der Waals surface area contributed by atoms with Crippen LogP contribution in [0.3, 0.4) is 0 Å². The number of hydrogen-bond acceptors (Lipinski definition) is 4. The van der Waals surface area contributed by atoms with E-state index >= 15 is 0 Å². The molecule has 196 valence electrons. The standard InChI is InChI=1S/C34H25ClN2O2S/c35-26-16-14-23(15-17-26)29-19-18-27(39-29)21-30-33(38)37-32(24-10-5-2-6-11-24)28-13-7-12-25(31(28)36-34(37)40-30)20-22-8-3-1-4-9-22/h1-6,8-11,14-21,32H,7,12-13H2. The topological polar surface area (TPSA) is 47.5 Å². The number of thiazole rings is 1. The van der Waals surface area contributed by atoms with E-state index in [1.165, 1.54) is 22.5 Å². The van der Waals surface area contributed by atoms with Crippen LogP contribution in [0, 0.1) is 0 Å². The van der Waals surface area contributed by atoms with Gasteiger partial charge in [-0.2, -0.15) is 0 Å². The summed E-state index contributed by atoms with van der Waals surface area (Å²) in [5, 5.41) is 0.675. The second-order valence-corrected chi connectivity index (χ2v) is 11.5. The van der Waals surface area contributed by atoms with Gasteiger partial charge in [0.2, 0.25) is 0 Å². The van der Waals surface area contributed by atoms with Crippen molar-refractivity contribution < 1.29 is 4.42 Å². The Labute approximate surface area is 240 Å². The van der Waals surface area contributed by atoms with Gasteiger partial charge in [-0.25, -0.2) is 4.99 Å². The fourth-order valence-electron chi connectivity index (χ4n) is 5.57. The van der Waals surface area contributed by atoms with Gasteiger partial charge in [-0.1, -0.05) is 83.6 Å². The summed E-state index contributed by atoms with van der Waals surface area (Å²) < 4.78 is 8.58. The molecule has 1 atom stereocenters. The van der Waals surface area contributed by atoms with Crippen LogP contribution < -0.4 is 14.9 Å². The van der Waals surface area contributed by atoms with E-state index in [2.05, 4.69) is 42.5 Å². The van der Waals surface area contributed by atoms with E-state index in [0.717, 1.165) is 47.4 Å². The van der Waals surface area contributed by atoms with Gasteiger partial charge in [0.25, 0.3) is 5.56 Å². The maximum Gasteiger partial charge on any atom is 0.271 e. The molecule has 3 heterocycles. The molecule has 7 rings (SSSR count). The summed E-state index contributed by atoms with van der Waals surface area (Å²) in [6, 6.07) is 31.8. The van der Waals surface area contributed by atoms with Crippen LogP contribution in [0.25, 0.3) is 23.5 Å². The number of allylic oxidation sites excluding steroid dienone is 2. The van der Waals surface area contributed by atoms with Gasteiger partial charge in [0.05, 0.1) is 16.3 Å². The van der Waals surface area contributed by atoms with E-state index in [4.69, 9.17) is 21.0 Å². The highest BCUT2D eigenvalue weighted by molar-refractivity contribution is 7.07. The number of furan rings is 1. The van der Waals surface area contributed by atoms with Crippen molar-refractivity contribution in [2.45, 2.75) is 25.3 Å². The quantitative estimate of drug-likeness (QED) is 0.230. The van der Waals surface area contributed by atoms with Crippen LogP contribution in [-0.4, -0.2) is 4.57 Å². The fraction of sp³-hybridized carbons (Fsp3) is 0.118. The first kappa shape index (κ1) is 24.8. The molecule has 2 aromatic heterocycles. The highest BCUT2D eigenvalue weighted by atomic mass is 35.5. The number of hydrogen-bond donors (Lipinski definition) is 0. The molecule has 1 unspecified atom stereocenters. The van der Waals surface area contributed by atoms with Crippen molar-refractivity contribution in [3.05, 3.63) is 156 Å². The van der Waals surface area contributed by atoms with E-state index in [9.17, 15) is 4.79 Å². The van der Waals surface area contributed by atoms with E-state index < -0.39 is 0 Å². The highest BCUT2D eigenvalue weighted by Gasteiger charge is 2.32. The Morgan fingerprint density at radius 1 is 0.875 bits per heavy atom. The molecule has 0 bridgehead atoms. The smallest absolute Gasteiger partial charge is 0.271 e. The van der Waals surface area contributed by atoms with Gasteiger partial charge in [-0.05, 0) is 84.0 Å². The van der Waals surface area contributed by atoms with Crippen LogP contribution in [0.2, 0.25) is 5.02 Å². The Morgan fingerprint density at radius 3 is 2.40 bits per heavy atom. The average molecular weight is 561 g/mol. The van der Waals surface area contributed by atoms with Gasteiger partial charge in [0, 0.05) is 16.7 Å². The van der Waals surface area contributed by atoms with Crippen LogP contribution in [-0.2, 0) is 0 Å². The van der Waals surface area contributed by atoms with Gasteiger partial charge in [-0.3, -0.25) is 9.36 Å². The molecule has 40 heavy (non-hydrogen) atoms. The molecule has 0 radical (unpaired) electrons. The van der Waals surface area contributed by atoms with E-state index in [1.807, 2.05) is 71.3 Å². The Kier molecular flexibility index (Phi) is 6.46. The first-order chi connectivity index (χ1) is 19.6. The zero-order valence-electron chi connectivity index (χ0n) is 21.6. The summed E-state index contributed by atoms with van der Waals surface area (Å²) in [5.74, 6) is 1.35. The SMILES string of the molecule is O=c1c(=Cc2ccc(-c3ccc(Cl)cc3)o2)sc2n1C(c1ccccc1)C1=C(N=2)C(=Cc2ccccc2)CCC1. The normalized spacial score (nSPS) is 18.0. The van der Waals surface area contributed by atoms with E-state index in [-0.39, 0.29) is 11.6 Å². The average Bonchev–Trinajstić information content (AvgIpc) is 3.58. The first-order valence-electron chi connectivity index (χ1n) is 13.4. The minimum Gasteiger partial charge on any atom is -0.457 e. The van der Waals surface area contributed by atoms with Gasteiger partial charge in [0.15, 0.2) is 4.80 Å². The number of fused-ring (bicyclic) bond motifs is 1. The second-order valence-electron chi connectivity index (χ2n) is 10.0. The second kappa shape index (κ2) is 10.4.